The first-order chi connectivity index (χ1) is 13.7. The molecule has 1 aliphatic heterocycles. The number of quaternary nitrogens is 1. The Labute approximate surface area is 191 Å². The van der Waals surface area contributed by atoms with E-state index in [2.05, 4.69) is 96.7 Å². The van der Waals surface area contributed by atoms with Gasteiger partial charge in [-0.2, -0.15) is 0 Å². The molecule has 1 unspecified atom stereocenters. The van der Waals surface area contributed by atoms with Gasteiger partial charge in [0.2, 0.25) is 0 Å². The molecule has 0 amide bonds. The van der Waals surface area contributed by atoms with Crippen LogP contribution in [0.25, 0.3) is 0 Å². The Morgan fingerprint density at radius 3 is 1.77 bits per heavy atom. The van der Waals surface area contributed by atoms with Crippen molar-refractivity contribution >= 4 is 11.4 Å². The van der Waals surface area contributed by atoms with Gasteiger partial charge in [0.1, 0.15) is 12.2 Å². The van der Waals surface area contributed by atoms with E-state index in [1.165, 1.54) is 40.2 Å². The van der Waals surface area contributed by atoms with E-state index in [0.29, 0.717) is 23.7 Å². The minimum absolute atomic E-state index is 0. The van der Waals surface area contributed by atoms with Crippen molar-refractivity contribution < 1.29 is 17.3 Å². The first-order valence-electron chi connectivity index (χ1n) is 11.6. The number of halogens is 1. The summed E-state index contributed by atoms with van der Waals surface area (Å²) < 4.78 is 0. The van der Waals surface area contributed by atoms with E-state index in [1.54, 1.807) is 4.90 Å². The van der Waals surface area contributed by atoms with Gasteiger partial charge in [0.15, 0.2) is 6.67 Å². The summed E-state index contributed by atoms with van der Waals surface area (Å²) in [5, 5.41) is 0. The maximum atomic E-state index is 2.61. The van der Waals surface area contributed by atoms with Crippen molar-refractivity contribution in [3.8, 4) is 0 Å². The van der Waals surface area contributed by atoms with Crippen LogP contribution in [-0.4, -0.2) is 19.8 Å². The Bertz CT molecular complexity index is 769. The fraction of sp³-hybridized carbons (Fsp3) is 0.556. The van der Waals surface area contributed by atoms with Crippen LogP contribution in [0.2, 0.25) is 0 Å². The quantitative estimate of drug-likeness (QED) is 0.742. The normalized spacial score (nSPS) is 16.8. The molecular weight excluding hydrogens is 388 g/mol. The lowest BCUT2D eigenvalue weighted by Crippen LogP contribution is -3.06. The molecule has 2 aromatic carbocycles. The number of anilines is 1. The summed E-state index contributed by atoms with van der Waals surface area (Å²) in [6, 6.07) is 14.4. The highest BCUT2D eigenvalue weighted by atomic mass is 35.5. The molecule has 2 nitrogen and oxygen atoms in total. The molecule has 3 rings (SSSR count). The largest absolute Gasteiger partial charge is 1.00 e. The SMILES string of the molecule is CC(C)c1ccc(N2CC[NH+](c3ccc(C(C)C)cc3C(C)C)C2)c(C(C)C)c1.[Cl-]. The molecule has 166 valence electrons. The second-order valence-corrected chi connectivity index (χ2v) is 10.1. The predicted molar refractivity (Wildman–Crippen MR) is 127 cm³/mol. The van der Waals surface area contributed by atoms with E-state index >= 15 is 0 Å². The van der Waals surface area contributed by atoms with Crippen molar-refractivity contribution in [3.63, 3.8) is 0 Å². The predicted octanol–water partition coefficient (Wildman–Crippen LogP) is 3.18. The second kappa shape index (κ2) is 10.2. The molecule has 30 heavy (non-hydrogen) atoms. The van der Waals surface area contributed by atoms with Gasteiger partial charge in [-0.3, -0.25) is 4.90 Å². The van der Waals surface area contributed by atoms with E-state index in [9.17, 15) is 0 Å². The van der Waals surface area contributed by atoms with Gasteiger partial charge in [-0.15, -0.1) is 0 Å². The van der Waals surface area contributed by atoms with E-state index in [-0.39, 0.29) is 12.4 Å². The van der Waals surface area contributed by atoms with Gasteiger partial charge in [-0.1, -0.05) is 73.6 Å². The van der Waals surface area contributed by atoms with Crippen LogP contribution < -0.4 is 22.2 Å². The molecule has 0 spiro atoms. The minimum Gasteiger partial charge on any atom is -1.00 e. The van der Waals surface area contributed by atoms with Crippen LogP contribution in [0.4, 0.5) is 11.4 Å². The lowest BCUT2D eigenvalue weighted by molar-refractivity contribution is -0.817. The van der Waals surface area contributed by atoms with Crippen LogP contribution in [0, 0.1) is 0 Å². The third-order valence-electron chi connectivity index (χ3n) is 6.49. The van der Waals surface area contributed by atoms with Gasteiger partial charge in [-0.05, 0) is 58.6 Å². The molecule has 0 bridgehead atoms. The van der Waals surface area contributed by atoms with E-state index in [4.69, 9.17) is 0 Å². The average molecular weight is 429 g/mol. The third kappa shape index (κ3) is 5.21. The summed E-state index contributed by atoms with van der Waals surface area (Å²) in [7, 11) is 0. The molecule has 1 atom stereocenters. The van der Waals surface area contributed by atoms with Crippen molar-refractivity contribution in [1.29, 1.82) is 0 Å². The number of rotatable bonds is 6. The summed E-state index contributed by atoms with van der Waals surface area (Å²) in [4.78, 5) is 4.21. The highest BCUT2D eigenvalue weighted by molar-refractivity contribution is 5.57. The van der Waals surface area contributed by atoms with Crippen molar-refractivity contribution in [1.82, 2.24) is 0 Å². The topological polar surface area (TPSA) is 7.68 Å². The van der Waals surface area contributed by atoms with Crippen molar-refractivity contribution in [2.75, 3.05) is 24.7 Å². The van der Waals surface area contributed by atoms with Crippen molar-refractivity contribution in [3.05, 3.63) is 58.7 Å². The average Bonchev–Trinajstić information content (AvgIpc) is 3.16. The van der Waals surface area contributed by atoms with Gasteiger partial charge in [0.25, 0.3) is 0 Å². The Hall–Kier alpha value is -1.51. The monoisotopic (exact) mass is 428 g/mol. The maximum Gasteiger partial charge on any atom is 0.157 e. The van der Waals surface area contributed by atoms with E-state index in [1.807, 2.05) is 0 Å². The third-order valence-corrected chi connectivity index (χ3v) is 6.49. The Balaban J connectivity index is 0.00000320. The molecule has 2 aromatic rings. The van der Waals surface area contributed by atoms with Crippen LogP contribution in [-0.2, 0) is 0 Å². The first-order valence-corrected chi connectivity index (χ1v) is 11.6. The number of hydrogen-bond donors (Lipinski definition) is 1. The first kappa shape index (κ1) is 24.8. The van der Waals surface area contributed by atoms with Crippen LogP contribution in [0.15, 0.2) is 36.4 Å². The Morgan fingerprint density at radius 2 is 1.23 bits per heavy atom. The van der Waals surface area contributed by atoms with Crippen LogP contribution >= 0.6 is 0 Å². The van der Waals surface area contributed by atoms with Crippen LogP contribution in [0.5, 0.6) is 0 Å². The van der Waals surface area contributed by atoms with Gasteiger partial charge in [-0.25, -0.2) is 0 Å². The smallest absolute Gasteiger partial charge is 0.157 e. The molecule has 0 radical (unpaired) electrons. The Kier molecular flexibility index (Phi) is 8.42. The van der Waals surface area contributed by atoms with Gasteiger partial charge in [0, 0.05) is 11.3 Å². The summed E-state index contributed by atoms with van der Waals surface area (Å²) >= 11 is 0. The van der Waals surface area contributed by atoms with Crippen LogP contribution in [0.3, 0.4) is 0 Å². The highest BCUT2D eigenvalue weighted by Crippen LogP contribution is 2.32. The molecule has 1 aliphatic rings. The van der Waals surface area contributed by atoms with E-state index < -0.39 is 0 Å². The minimum atomic E-state index is 0. The fourth-order valence-corrected chi connectivity index (χ4v) is 4.51. The zero-order chi connectivity index (χ0) is 21.3. The molecule has 0 saturated carbocycles. The number of hydrogen-bond acceptors (Lipinski definition) is 1. The van der Waals surface area contributed by atoms with Crippen LogP contribution in [0.1, 0.15) is 101 Å². The zero-order valence-electron chi connectivity index (χ0n) is 20.2. The Morgan fingerprint density at radius 1 is 0.700 bits per heavy atom. The molecule has 1 heterocycles. The second-order valence-electron chi connectivity index (χ2n) is 10.1. The number of nitrogens with zero attached hydrogens (tertiary/aromatic N) is 1. The highest BCUT2D eigenvalue weighted by Gasteiger charge is 2.30. The molecule has 3 heteroatoms. The molecule has 1 saturated heterocycles. The van der Waals surface area contributed by atoms with Gasteiger partial charge < -0.3 is 17.3 Å². The molecule has 1 fully saturated rings. The maximum absolute atomic E-state index is 2.61. The molecule has 1 N–H and O–H groups in total. The van der Waals surface area contributed by atoms with Crippen molar-refractivity contribution in [2.45, 2.75) is 79.1 Å². The summed E-state index contributed by atoms with van der Waals surface area (Å²) in [5.74, 6) is 2.26. The standard InChI is InChI=1S/C27H40N2.ClH/c1-18(2)22-9-11-26(24(15-22)20(5)6)28-13-14-29(17-28)27-12-10-23(19(3)4)16-25(27)21(7)8;/h9-12,15-16,18-21H,13-14,17H2,1-8H3;1H. The summed E-state index contributed by atoms with van der Waals surface area (Å²) in [6.07, 6.45) is 0. The van der Waals surface area contributed by atoms with Crippen molar-refractivity contribution in [2.24, 2.45) is 0 Å². The molecular formula is C27H41ClN2. The fourth-order valence-electron chi connectivity index (χ4n) is 4.51. The van der Waals surface area contributed by atoms with Gasteiger partial charge in [0.05, 0.1) is 6.54 Å². The summed E-state index contributed by atoms with van der Waals surface area (Å²) in [6.45, 7) is 21.8. The lowest BCUT2D eigenvalue weighted by atomic mass is 9.93. The zero-order valence-corrected chi connectivity index (χ0v) is 21.0. The van der Waals surface area contributed by atoms with Gasteiger partial charge >= 0.3 is 0 Å². The lowest BCUT2D eigenvalue weighted by Gasteiger charge is -2.24. The molecule has 0 aliphatic carbocycles. The molecule has 0 aromatic heterocycles. The number of benzene rings is 2. The summed E-state index contributed by atoms with van der Waals surface area (Å²) in [5.41, 5.74) is 8.86. The number of nitrogens with one attached hydrogen (secondary N) is 1. The van der Waals surface area contributed by atoms with E-state index in [0.717, 1.165) is 13.2 Å².